The molecule has 0 amide bonds. The third kappa shape index (κ3) is 4.99. The highest BCUT2D eigenvalue weighted by Crippen LogP contribution is 2.32. The molecule has 5 nitrogen and oxygen atoms in total. The van der Waals surface area contributed by atoms with Gasteiger partial charge in [-0.25, -0.2) is 0 Å². The Balaban J connectivity index is 1.81. The van der Waals surface area contributed by atoms with Crippen molar-refractivity contribution in [2.45, 2.75) is 38.9 Å². The number of aromatic nitrogens is 1. The predicted molar refractivity (Wildman–Crippen MR) is 108 cm³/mol. The fraction of sp³-hybridized carbons (Fsp3) is 0.500. The first-order valence-electron chi connectivity index (χ1n) is 9.80. The summed E-state index contributed by atoms with van der Waals surface area (Å²) in [6.07, 6.45) is 6.31. The van der Waals surface area contributed by atoms with Crippen LogP contribution < -0.4 is 9.47 Å². The van der Waals surface area contributed by atoms with Crippen molar-refractivity contribution in [2.24, 2.45) is 0 Å². The maximum atomic E-state index is 5.66. The summed E-state index contributed by atoms with van der Waals surface area (Å²) in [5.41, 5.74) is 2.44. The SMILES string of the molecule is CCN1CCC[C@H]1CN(Cc1ccncc1)Cc1cccc(OC)c1OC. The Labute approximate surface area is 162 Å². The van der Waals surface area contributed by atoms with Gasteiger partial charge < -0.3 is 9.47 Å². The molecule has 1 aromatic heterocycles. The molecular weight excluding hydrogens is 338 g/mol. The van der Waals surface area contributed by atoms with E-state index < -0.39 is 0 Å². The largest absolute Gasteiger partial charge is 0.493 e. The van der Waals surface area contributed by atoms with Crippen molar-refractivity contribution in [3.05, 3.63) is 53.9 Å². The average Bonchev–Trinajstić information content (AvgIpc) is 3.15. The van der Waals surface area contributed by atoms with Gasteiger partial charge in [-0.15, -0.1) is 0 Å². The van der Waals surface area contributed by atoms with Gasteiger partial charge in [-0.05, 0) is 49.7 Å². The van der Waals surface area contributed by atoms with Crippen LogP contribution >= 0.6 is 0 Å². The summed E-state index contributed by atoms with van der Waals surface area (Å²) >= 11 is 0. The lowest BCUT2D eigenvalue weighted by molar-refractivity contribution is 0.164. The normalized spacial score (nSPS) is 17.4. The summed E-state index contributed by atoms with van der Waals surface area (Å²) in [5, 5.41) is 0. The topological polar surface area (TPSA) is 37.8 Å². The highest BCUT2D eigenvalue weighted by Gasteiger charge is 2.26. The Morgan fingerprint density at radius 1 is 1.11 bits per heavy atom. The Hall–Kier alpha value is -2.11. The van der Waals surface area contributed by atoms with Gasteiger partial charge in [0, 0.05) is 43.6 Å². The molecule has 1 aliphatic heterocycles. The lowest BCUT2D eigenvalue weighted by Gasteiger charge is -2.31. The smallest absolute Gasteiger partial charge is 0.165 e. The number of rotatable bonds is 9. The minimum atomic E-state index is 0.619. The lowest BCUT2D eigenvalue weighted by atomic mass is 10.1. The molecule has 2 aromatic rings. The Morgan fingerprint density at radius 2 is 1.93 bits per heavy atom. The average molecular weight is 370 g/mol. The van der Waals surface area contributed by atoms with E-state index >= 15 is 0 Å². The van der Waals surface area contributed by atoms with Crippen LogP contribution in [0.25, 0.3) is 0 Å². The summed E-state index contributed by atoms with van der Waals surface area (Å²) in [7, 11) is 3.40. The molecule has 0 unspecified atom stereocenters. The number of para-hydroxylation sites is 1. The zero-order chi connectivity index (χ0) is 19.1. The Kier molecular flexibility index (Phi) is 7.07. The summed E-state index contributed by atoms with van der Waals surface area (Å²) < 4.78 is 11.1. The van der Waals surface area contributed by atoms with E-state index in [1.54, 1.807) is 14.2 Å². The van der Waals surface area contributed by atoms with Gasteiger partial charge in [0.2, 0.25) is 0 Å². The van der Waals surface area contributed by atoms with Crippen molar-refractivity contribution >= 4 is 0 Å². The molecule has 0 N–H and O–H groups in total. The Morgan fingerprint density at radius 3 is 2.63 bits per heavy atom. The van der Waals surface area contributed by atoms with Gasteiger partial charge in [0.05, 0.1) is 14.2 Å². The molecule has 27 heavy (non-hydrogen) atoms. The van der Waals surface area contributed by atoms with E-state index in [1.807, 2.05) is 24.5 Å². The van der Waals surface area contributed by atoms with Gasteiger partial charge in [0.25, 0.3) is 0 Å². The highest BCUT2D eigenvalue weighted by atomic mass is 16.5. The van der Waals surface area contributed by atoms with Gasteiger partial charge in [-0.3, -0.25) is 14.8 Å². The molecule has 1 aliphatic rings. The minimum Gasteiger partial charge on any atom is -0.493 e. The third-order valence-corrected chi connectivity index (χ3v) is 5.41. The van der Waals surface area contributed by atoms with E-state index in [0.29, 0.717) is 6.04 Å². The number of pyridine rings is 1. The van der Waals surface area contributed by atoms with E-state index in [-0.39, 0.29) is 0 Å². The Bertz CT molecular complexity index is 708. The second kappa shape index (κ2) is 9.72. The van der Waals surface area contributed by atoms with E-state index in [2.05, 4.69) is 39.9 Å². The molecule has 0 aliphatic carbocycles. The maximum Gasteiger partial charge on any atom is 0.165 e. The van der Waals surface area contributed by atoms with E-state index in [1.165, 1.54) is 24.9 Å². The number of nitrogens with zero attached hydrogens (tertiary/aromatic N) is 3. The number of methoxy groups -OCH3 is 2. The van der Waals surface area contributed by atoms with Gasteiger partial charge in [0.1, 0.15) is 0 Å². The van der Waals surface area contributed by atoms with Gasteiger partial charge in [0.15, 0.2) is 11.5 Å². The van der Waals surface area contributed by atoms with Crippen molar-refractivity contribution < 1.29 is 9.47 Å². The number of benzene rings is 1. The summed E-state index contributed by atoms with van der Waals surface area (Å²) in [5.74, 6) is 1.62. The highest BCUT2D eigenvalue weighted by molar-refractivity contribution is 5.46. The molecule has 0 bridgehead atoms. The first-order chi connectivity index (χ1) is 13.2. The molecule has 0 saturated carbocycles. The molecule has 1 aromatic carbocycles. The number of hydrogen-bond acceptors (Lipinski definition) is 5. The summed E-state index contributed by atoms with van der Waals surface area (Å²) in [4.78, 5) is 9.27. The minimum absolute atomic E-state index is 0.619. The van der Waals surface area contributed by atoms with Crippen LogP contribution in [-0.4, -0.2) is 54.7 Å². The van der Waals surface area contributed by atoms with Crippen LogP contribution in [0.4, 0.5) is 0 Å². The number of ether oxygens (including phenoxy) is 2. The molecule has 1 fully saturated rings. The molecule has 0 radical (unpaired) electrons. The van der Waals surface area contributed by atoms with Gasteiger partial charge >= 0.3 is 0 Å². The van der Waals surface area contributed by atoms with Crippen molar-refractivity contribution in [3.8, 4) is 11.5 Å². The van der Waals surface area contributed by atoms with Crippen molar-refractivity contribution in [1.29, 1.82) is 0 Å². The number of likely N-dealkylation sites (N-methyl/N-ethyl adjacent to an activating group) is 1. The monoisotopic (exact) mass is 369 g/mol. The first kappa shape index (κ1) is 19.6. The van der Waals surface area contributed by atoms with Crippen LogP contribution in [0.15, 0.2) is 42.7 Å². The zero-order valence-corrected chi connectivity index (χ0v) is 16.7. The third-order valence-electron chi connectivity index (χ3n) is 5.41. The van der Waals surface area contributed by atoms with Crippen LogP contribution in [0.3, 0.4) is 0 Å². The molecule has 1 saturated heterocycles. The van der Waals surface area contributed by atoms with Crippen molar-refractivity contribution in [3.63, 3.8) is 0 Å². The molecule has 146 valence electrons. The second-order valence-electron chi connectivity index (χ2n) is 7.10. The molecule has 3 rings (SSSR count). The van der Waals surface area contributed by atoms with Crippen LogP contribution in [-0.2, 0) is 13.1 Å². The fourth-order valence-electron chi connectivity index (χ4n) is 4.07. The number of likely N-dealkylation sites (tertiary alicyclic amines) is 1. The van der Waals surface area contributed by atoms with E-state index in [0.717, 1.165) is 43.2 Å². The molecular formula is C22H31N3O2. The van der Waals surface area contributed by atoms with Crippen LogP contribution in [0.1, 0.15) is 30.9 Å². The molecule has 1 atom stereocenters. The van der Waals surface area contributed by atoms with Gasteiger partial charge in [-0.1, -0.05) is 19.1 Å². The summed E-state index contributed by atoms with van der Waals surface area (Å²) in [6.45, 7) is 7.38. The fourth-order valence-corrected chi connectivity index (χ4v) is 4.07. The standard InChI is InChI=1S/C22H31N3O2/c1-4-25-14-6-8-20(25)17-24(15-18-10-12-23-13-11-18)16-19-7-5-9-21(26-2)22(19)27-3/h5,7,9-13,20H,4,6,8,14-17H2,1-3H3/t20-/m0/s1. The van der Waals surface area contributed by atoms with Crippen LogP contribution in [0.5, 0.6) is 11.5 Å². The molecule has 2 heterocycles. The zero-order valence-electron chi connectivity index (χ0n) is 16.7. The lowest BCUT2D eigenvalue weighted by Crippen LogP contribution is -2.39. The van der Waals surface area contributed by atoms with E-state index in [9.17, 15) is 0 Å². The summed E-state index contributed by atoms with van der Waals surface area (Å²) in [6, 6.07) is 10.9. The second-order valence-corrected chi connectivity index (χ2v) is 7.10. The van der Waals surface area contributed by atoms with E-state index in [4.69, 9.17) is 9.47 Å². The quantitative estimate of drug-likeness (QED) is 0.675. The predicted octanol–water partition coefficient (Wildman–Crippen LogP) is 3.59. The van der Waals surface area contributed by atoms with Gasteiger partial charge in [-0.2, -0.15) is 0 Å². The van der Waals surface area contributed by atoms with Crippen molar-refractivity contribution in [2.75, 3.05) is 33.9 Å². The van der Waals surface area contributed by atoms with Crippen molar-refractivity contribution in [1.82, 2.24) is 14.8 Å². The first-order valence-corrected chi connectivity index (χ1v) is 9.80. The van der Waals surface area contributed by atoms with Crippen LogP contribution in [0, 0.1) is 0 Å². The molecule has 5 heteroatoms. The maximum absolute atomic E-state index is 5.66. The number of hydrogen-bond donors (Lipinski definition) is 0. The molecule has 0 spiro atoms. The van der Waals surface area contributed by atoms with Crippen LogP contribution in [0.2, 0.25) is 0 Å².